The standard InChI is InChI=1S/C20H21N3O2/c24-19(13-16-9-6-12-25-16)23-11-5-4-10-18(23)20-21-14-17(22-20)15-7-2-1-3-8-15/h1-3,6-9,12,14,18H,4-5,10-11,13H2,(H,21,22). The molecule has 1 saturated heterocycles. The Morgan fingerprint density at radius 2 is 2.08 bits per heavy atom. The number of benzene rings is 1. The molecular formula is C20H21N3O2. The van der Waals surface area contributed by atoms with Gasteiger partial charge >= 0.3 is 0 Å². The molecule has 0 saturated carbocycles. The number of hydrogen-bond donors (Lipinski definition) is 1. The van der Waals surface area contributed by atoms with Crippen LogP contribution in [0.4, 0.5) is 0 Å². The van der Waals surface area contributed by atoms with Crippen molar-refractivity contribution < 1.29 is 9.21 Å². The molecule has 1 aromatic carbocycles. The second-order valence-electron chi connectivity index (χ2n) is 6.39. The van der Waals surface area contributed by atoms with Crippen molar-refractivity contribution >= 4 is 5.91 Å². The fraction of sp³-hybridized carbons (Fsp3) is 0.300. The normalized spacial score (nSPS) is 17.6. The van der Waals surface area contributed by atoms with Crippen molar-refractivity contribution in [1.82, 2.24) is 14.9 Å². The molecule has 1 aliphatic rings. The second-order valence-corrected chi connectivity index (χ2v) is 6.39. The van der Waals surface area contributed by atoms with E-state index in [0.29, 0.717) is 12.2 Å². The number of hydrogen-bond acceptors (Lipinski definition) is 3. The smallest absolute Gasteiger partial charge is 0.230 e. The van der Waals surface area contributed by atoms with Gasteiger partial charge in [0.15, 0.2) is 0 Å². The summed E-state index contributed by atoms with van der Waals surface area (Å²) >= 11 is 0. The first-order valence-corrected chi connectivity index (χ1v) is 8.74. The zero-order valence-corrected chi connectivity index (χ0v) is 14.0. The molecule has 0 aliphatic carbocycles. The van der Waals surface area contributed by atoms with Crippen molar-refractivity contribution in [2.24, 2.45) is 0 Å². The molecule has 25 heavy (non-hydrogen) atoms. The number of carbonyl (C=O) groups excluding carboxylic acids is 1. The average molecular weight is 335 g/mol. The molecule has 5 nitrogen and oxygen atoms in total. The fourth-order valence-corrected chi connectivity index (χ4v) is 3.44. The second kappa shape index (κ2) is 6.97. The largest absolute Gasteiger partial charge is 0.469 e. The van der Waals surface area contributed by atoms with Gasteiger partial charge in [-0.15, -0.1) is 0 Å². The summed E-state index contributed by atoms with van der Waals surface area (Å²) in [5.74, 6) is 1.67. The fourth-order valence-electron chi connectivity index (χ4n) is 3.44. The van der Waals surface area contributed by atoms with Crippen molar-refractivity contribution in [2.75, 3.05) is 6.54 Å². The van der Waals surface area contributed by atoms with E-state index in [0.717, 1.165) is 42.9 Å². The lowest BCUT2D eigenvalue weighted by Crippen LogP contribution is -2.39. The van der Waals surface area contributed by atoms with Crippen LogP contribution in [0.15, 0.2) is 59.3 Å². The number of piperidine rings is 1. The first kappa shape index (κ1) is 15.7. The lowest BCUT2D eigenvalue weighted by atomic mass is 10.0. The minimum Gasteiger partial charge on any atom is -0.469 e. The van der Waals surface area contributed by atoms with Crippen LogP contribution in [0.5, 0.6) is 0 Å². The third kappa shape index (κ3) is 3.36. The van der Waals surface area contributed by atoms with Crippen molar-refractivity contribution in [3.05, 3.63) is 66.5 Å². The van der Waals surface area contributed by atoms with Gasteiger partial charge in [-0.05, 0) is 31.4 Å². The lowest BCUT2D eigenvalue weighted by molar-refractivity contribution is -0.134. The highest BCUT2D eigenvalue weighted by Crippen LogP contribution is 2.31. The number of carbonyl (C=O) groups is 1. The molecule has 1 unspecified atom stereocenters. The van der Waals surface area contributed by atoms with Gasteiger partial charge in [0.1, 0.15) is 11.6 Å². The number of imidazole rings is 1. The van der Waals surface area contributed by atoms with Crippen LogP contribution in [-0.2, 0) is 11.2 Å². The molecule has 1 atom stereocenters. The van der Waals surface area contributed by atoms with Crippen LogP contribution in [0, 0.1) is 0 Å². The number of amides is 1. The van der Waals surface area contributed by atoms with Crippen molar-refractivity contribution in [1.29, 1.82) is 0 Å². The predicted molar refractivity (Wildman–Crippen MR) is 94.7 cm³/mol. The van der Waals surface area contributed by atoms with E-state index >= 15 is 0 Å². The summed E-state index contributed by atoms with van der Waals surface area (Å²) in [4.78, 5) is 22.7. The van der Waals surface area contributed by atoms with Crippen LogP contribution in [-0.4, -0.2) is 27.3 Å². The zero-order valence-electron chi connectivity index (χ0n) is 14.0. The Bertz CT molecular complexity index is 824. The Morgan fingerprint density at radius 3 is 2.88 bits per heavy atom. The molecule has 1 N–H and O–H groups in total. The molecule has 0 spiro atoms. The molecule has 0 radical (unpaired) electrons. The van der Waals surface area contributed by atoms with E-state index in [1.54, 1.807) is 6.26 Å². The SMILES string of the molecule is O=C(Cc1ccco1)N1CCCCC1c1nc(-c2ccccc2)c[nH]1. The van der Waals surface area contributed by atoms with Gasteiger partial charge in [-0.25, -0.2) is 4.98 Å². The molecule has 3 aromatic rings. The van der Waals surface area contributed by atoms with Crippen molar-refractivity contribution in [3.8, 4) is 11.3 Å². The van der Waals surface area contributed by atoms with Gasteiger partial charge in [-0.2, -0.15) is 0 Å². The minimum absolute atomic E-state index is 0.00803. The molecule has 1 aliphatic heterocycles. The summed E-state index contributed by atoms with van der Waals surface area (Å²) in [6.07, 6.45) is 6.91. The summed E-state index contributed by atoms with van der Waals surface area (Å²) in [7, 11) is 0. The zero-order chi connectivity index (χ0) is 17.1. The van der Waals surface area contributed by atoms with Crippen LogP contribution >= 0.6 is 0 Å². The molecule has 4 rings (SSSR count). The first-order valence-electron chi connectivity index (χ1n) is 8.74. The highest BCUT2D eigenvalue weighted by molar-refractivity contribution is 5.78. The predicted octanol–water partition coefficient (Wildman–Crippen LogP) is 3.97. The van der Waals surface area contributed by atoms with Gasteiger partial charge in [-0.1, -0.05) is 30.3 Å². The summed E-state index contributed by atoms with van der Waals surface area (Å²) in [6, 6.07) is 13.8. The molecule has 5 heteroatoms. The van der Waals surface area contributed by atoms with E-state index in [2.05, 4.69) is 4.98 Å². The highest BCUT2D eigenvalue weighted by Gasteiger charge is 2.30. The third-order valence-electron chi connectivity index (χ3n) is 4.71. The number of aromatic amines is 1. The van der Waals surface area contributed by atoms with E-state index in [1.807, 2.05) is 53.6 Å². The molecular weight excluding hydrogens is 314 g/mol. The Morgan fingerprint density at radius 1 is 1.20 bits per heavy atom. The molecule has 2 aromatic heterocycles. The Kier molecular flexibility index (Phi) is 4.37. The van der Waals surface area contributed by atoms with Gasteiger partial charge < -0.3 is 14.3 Å². The molecule has 0 bridgehead atoms. The maximum Gasteiger partial charge on any atom is 0.230 e. The summed E-state index contributed by atoms with van der Waals surface area (Å²) in [5, 5.41) is 0. The van der Waals surface area contributed by atoms with E-state index in [4.69, 9.17) is 9.40 Å². The van der Waals surface area contributed by atoms with Gasteiger partial charge in [0.2, 0.25) is 5.91 Å². The Labute approximate surface area is 146 Å². The van der Waals surface area contributed by atoms with Gasteiger partial charge in [0.25, 0.3) is 0 Å². The van der Waals surface area contributed by atoms with E-state index < -0.39 is 0 Å². The van der Waals surface area contributed by atoms with Gasteiger partial charge in [0.05, 0.1) is 24.4 Å². The van der Waals surface area contributed by atoms with Crippen LogP contribution < -0.4 is 0 Å². The van der Waals surface area contributed by atoms with Crippen LogP contribution in [0.25, 0.3) is 11.3 Å². The molecule has 128 valence electrons. The number of aromatic nitrogens is 2. The molecule has 1 fully saturated rings. The Balaban J connectivity index is 1.55. The number of rotatable bonds is 4. The monoisotopic (exact) mass is 335 g/mol. The Hall–Kier alpha value is -2.82. The van der Waals surface area contributed by atoms with E-state index in [9.17, 15) is 4.79 Å². The van der Waals surface area contributed by atoms with Gasteiger partial charge in [-0.3, -0.25) is 4.79 Å². The number of likely N-dealkylation sites (tertiary alicyclic amines) is 1. The number of nitrogens with zero attached hydrogens (tertiary/aromatic N) is 2. The third-order valence-corrected chi connectivity index (χ3v) is 4.71. The maximum atomic E-state index is 12.8. The van der Waals surface area contributed by atoms with Crippen LogP contribution in [0.3, 0.4) is 0 Å². The van der Waals surface area contributed by atoms with Gasteiger partial charge in [0, 0.05) is 18.3 Å². The quantitative estimate of drug-likeness (QED) is 0.785. The highest BCUT2D eigenvalue weighted by atomic mass is 16.3. The molecule has 3 heterocycles. The average Bonchev–Trinajstić information content (AvgIpc) is 3.34. The number of H-pyrrole nitrogens is 1. The van der Waals surface area contributed by atoms with E-state index in [-0.39, 0.29) is 11.9 Å². The summed E-state index contributed by atoms with van der Waals surface area (Å²) in [6.45, 7) is 0.769. The lowest BCUT2D eigenvalue weighted by Gasteiger charge is -2.34. The number of furan rings is 1. The first-order chi connectivity index (χ1) is 12.3. The van der Waals surface area contributed by atoms with Crippen molar-refractivity contribution in [2.45, 2.75) is 31.7 Å². The van der Waals surface area contributed by atoms with Crippen molar-refractivity contribution in [3.63, 3.8) is 0 Å². The number of nitrogens with one attached hydrogen (secondary N) is 1. The summed E-state index contributed by atoms with van der Waals surface area (Å²) in [5.41, 5.74) is 1.99. The molecule has 1 amide bonds. The van der Waals surface area contributed by atoms with Crippen LogP contribution in [0.2, 0.25) is 0 Å². The maximum absolute atomic E-state index is 12.8. The van der Waals surface area contributed by atoms with E-state index in [1.165, 1.54) is 0 Å². The summed E-state index contributed by atoms with van der Waals surface area (Å²) < 4.78 is 5.33. The van der Waals surface area contributed by atoms with Crippen LogP contribution in [0.1, 0.15) is 36.9 Å². The minimum atomic E-state index is 0.00803. The topological polar surface area (TPSA) is 62.1 Å².